The summed E-state index contributed by atoms with van der Waals surface area (Å²) < 4.78 is 10.4. The number of nitrogens with two attached hydrogens (primary N) is 1. The Labute approximate surface area is 180 Å². The van der Waals surface area contributed by atoms with Gasteiger partial charge in [-0.2, -0.15) is 4.98 Å². The van der Waals surface area contributed by atoms with Gasteiger partial charge in [-0.05, 0) is 37.4 Å². The van der Waals surface area contributed by atoms with Crippen molar-refractivity contribution in [2.24, 2.45) is 5.73 Å². The van der Waals surface area contributed by atoms with Crippen LogP contribution in [0, 0.1) is 6.92 Å². The number of carbonyl (C=O) groups is 3. The molecule has 0 aliphatic carbocycles. The second-order valence-electron chi connectivity index (χ2n) is 6.08. The van der Waals surface area contributed by atoms with Crippen LogP contribution >= 0.6 is 23.1 Å². The molecule has 0 saturated heterocycles. The Morgan fingerprint density at radius 1 is 1.27 bits per heavy atom. The number of amides is 2. The molecule has 3 aromatic rings. The zero-order valence-electron chi connectivity index (χ0n) is 16.1. The van der Waals surface area contributed by atoms with E-state index in [0.29, 0.717) is 32.9 Å². The summed E-state index contributed by atoms with van der Waals surface area (Å²) in [6.45, 7) is 3.17. The molecule has 0 fully saturated rings. The van der Waals surface area contributed by atoms with Crippen molar-refractivity contribution in [3.05, 3.63) is 58.6 Å². The zero-order valence-corrected chi connectivity index (χ0v) is 17.7. The summed E-state index contributed by atoms with van der Waals surface area (Å²) in [5.41, 5.74) is 5.78. The Morgan fingerprint density at radius 3 is 2.73 bits per heavy atom. The summed E-state index contributed by atoms with van der Waals surface area (Å²) in [7, 11) is 0. The van der Waals surface area contributed by atoms with E-state index in [4.69, 9.17) is 15.0 Å². The quantitative estimate of drug-likeness (QED) is 0.398. The lowest BCUT2D eigenvalue weighted by Crippen LogP contribution is -2.30. The fraction of sp³-hybridized carbons (Fsp3) is 0.211. The van der Waals surface area contributed by atoms with Crippen molar-refractivity contribution in [1.29, 1.82) is 0 Å². The molecule has 2 amide bonds. The Morgan fingerprint density at radius 2 is 2.03 bits per heavy atom. The van der Waals surface area contributed by atoms with Gasteiger partial charge in [-0.15, -0.1) is 23.1 Å². The fourth-order valence-electron chi connectivity index (χ4n) is 2.39. The second-order valence-corrected chi connectivity index (χ2v) is 8.02. The molecule has 9 nitrogen and oxygen atoms in total. The third kappa shape index (κ3) is 5.24. The maximum absolute atomic E-state index is 12.6. The molecule has 0 aliphatic heterocycles. The Kier molecular flexibility index (Phi) is 6.85. The molecular formula is C19H18N4O5S2. The summed E-state index contributed by atoms with van der Waals surface area (Å²) >= 11 is 2.49. The molecule has 156 valence electrons. The van der Waals surface area contributed by atoms with Crippen LogP contribution in [0.15, 0.2) is 45.1 Å². The number of ether oxygens (including phenoxy) is 1. The molecule has 0 aliphatic rings. The third-order valence-electron chi connectivity index (χ3n) is 3.85. The largest absolute Gasteiger partial charge is 0.449 e. The van der Waals surface area contributed by atoms with Crippen molar-refractivity contribution in [3.8, 4) is 0 Å². The van der Waals surface area contributed by atoms with E-state index in [-0.39, 0.29) is 5.56 Å². The number of carbonyl (C=O) groups excluding carboxylic acids is 3. The van der Waals surface area contributed by atoms with Gasteiger partial charge in [-0.25, -0.2) is 4.79 Å². The van der Waals surface area contributed by atoms with E-state index in [0.717, 1.165) is 11.3 Å². The molecule has 1 aromatic carbocycles. The van der Waals surface area contributed by atoms with Crippen LogP contribution in [0.1, 0.15) is 39.4 Å². The maximum atomic E-state index is 12.6. The van der Waals surface area contributed by atoms with Crippen molar-refractivity contribution in [1.82, 2.24) is 10.1 Å². The van der Waals surface area contributed by atoms with Crippen LogP contribution in [0.5, 0.6) is 0 Å². The number of thiophene rings is 1. The number of nitrogens with one attached hydrogen (secondary N) is 1. The molecule has 30 heavy (non-hydrogen) atoms. The highest BCUT2D eigenvalue weighted by molar-refractivity contribution is 7.98. The van der Waals surface area contributed by atoms with Gasteiger partial charge in [0.1, 0.15) is 5.00 Å². The lowest BCUT2D eigenvalue weighted by molar-refractivity contribution is -0.123. The first-order chi connectivity index (χ1) is 14.3. The van der Waals surface area contributed by atoms with Crippen LogP contribution < -0.4 is 11.1 Å². The van der Waals surface area contributed by atoms with E-state index in [1.54, 1.807) is 36.6 Å². The topological polar surface area (TPSA) is 137 Å². The van der Waals surface area contributed by atoms with Crippen LogP contribution in [0.25, 0.3) is 0 Å². The molecule has 2 aromatic heterocycles. The minimum atomic E-state index is -1.09. The number of benzene rings is 1. The normalized spacial score (nSPS) is 11.7. The molecule has 1 atom stereocenters. The minimum absolute atomic E-state index is 0.199. The molecule has 0 radical (unpaired) electrons. The van der Waals surface area contributed by atoms with Gasteiger partial charge in [0.25, 0.3) is 11.8 Å². The number of hydrogen-bond donors (Lipinski definition) is 2. The van der Waals surface area contributed by atoms with Crippen LogP contribution in [-0.4, -0.2) is 34.0 Å². The highest BCUT2D eigenvalue weighted by atomic mass is 32.2. The van der Waals surface area contributed by atoms with Crippen LogP contribution in [0.3, 0.4) is 0 Å². The first-order valence-corrected chi connectivity index (χ1v) is 10.6. The van der Waals surface area contributed by atoms with Gasteiger partial charge in [0.05, 0.1) is 16.9 Å². The standard InChI is InChI=1S/C19H18N4O5S2/c1-10(17(25)22-18-13(16(20)24)7-8-29-18)27-19(26)12-5-3-4-6-14(12)30-9-15-21-11(2)23-28-15/h3-8,10H,9H2,1-2H3,(H2,20,24)(H,22,25)/t10-/m0/s1. The molecular weight excluding hydrogens is 428 g/mol. The number of nitrogens with zero attached hydrogens (tertiary/aromatic N) is 2. The number of thioether (sulfide) groups is 1. The van der Waals surface area contributed by atoms with E-state index in [9.17, 15) is 14.4 Å². The average molecular weight is 447 g/mol. The number of hydrogen-bond acceptors (Lipinski definition) is 9. The van der Waals surface area contributed by atoms with Gasteiger partial charge in [-0.1, -0.05) is 17.3 Å². The zero-order chi connectivity index (χ0) is 21.7. The van der Waals surface area contributed by atoms with Crippen molar-refractivity contribution >= 4 is 45.9 Å². The monoisotopic (exact) mass is 446 g/mol. The van der Waals surface area contributed by atoms with Crippen LogP contribution in [0.2, 0.25) is 0 Å². The van der Waals surface area contributed by atoms with Gasteiger partial charge in [-0.3, -0.25) is 9.59 Å². The molecule has 0 spiro atoms. The molecule has 0 bridgehead atoms. The predicted molar refractivity (Wildman–Crippen MR) is 111 cm³/mol. The number of aryl methyl sites for hydroxylation is 1. The maximum Gasteiger partial charge on any atom is 0.340 e. The molecule has 2 heterocycles. The summed E-state index contributed by atoms with van der Waals surface area (Å²) in [5, 5.41) is 8.23. The van der Waals surface area contributed by atoms with E-state index in [2.05, 4.69) is 15.5 Å². The van der Waals surface area contributed by atoms with Crippen LogP contribution in [0.4, 0.5) is 5.00 Å². The van der Waals surface area contributed by atoms with Gasteiger partial charge < -0.3 is 20.3 Å². The fourth-order valence-corrected chi connectivity index (χ4v) is 4.06. The molecule has 0 saturated carbocycles. The van der Waals surface area contributed by atoms with E-state index < -0.39 is 23.9 Å². The lowest BCUT2D eigenvalue weighted by atomic mass is 10.2. The van der Waals surface area contributed by atoms with Gasteiger partial charge in [0.2, 0.25) is 5.89 Å². The van der Waals surface area contributed by atoms with Crippen LogP contribution in [-0.2, 0) is 15.3 Å². The van der Waals surface area contributed by atoms with Crippen molar-refractivity contribution in [2.45, 2.75) is 30.6 Å². The predicted octanol–water partition coefficient (Wildman–Crippen LogP) is 3.01. The van der Waals surface area contributed by atoms with Gasteiger partial charge in [0.15, 0.2) is 11.9 Å². The van der Waals surface area contributed by atoms with Crippen molar-refractivity contribution in [2.75, 3.05) is 5.32 Å². The Bertz CT molecular complexity index is 1080. The summed E-state index contributed by atoms with van der Waals surface area (Å²) in [6, 6.07) is 8.37. The Hall–Kier alpha value is -3.18. The Balaban J connectivity index is 1.64. The summed E-state index contributed by atoms with van der Waals surface area (Å²) in [5.74, 6) is -0.518. The molecule has 11 heteroatoms. The average Bonchev–Trinajstić information content (AvgIpc) is 3.35. The van der Waals surface area contributed by atoms with E-state index >= 15 is 0 Å². The highest BCUT2D eigenvalue weighted by Crippen LogP contribution is 2.27. The van der Waals surface area contributed by atoms with Gasteiger partial charge in [0, 0.05) is 4.90 Å². The molecule has 0 unspecified atom stereocenters. The molecule has 3 rings (SSSR count). The molecule has 3 N–H and O–H groups in total. The highest BCUT2D eigenvalue weighted by Gasteiger charge is 2.23. The SMILES string of the molecule is Cc1noc(CSc2ccccc2C(=O)O[C@@H](C)C(=O)Nc2sccc2C(N)=O)n1. The number of anilines is 1. The first-order valence-electron chi connectivity index (χ1n) is 8.75. The summed E-state index contributed by atoms with van der Waals surface area (Å²) in [6.07, 6.45) is -1.09. The third-order valence-corrected chi connectivity index (χ3v) is 5.74. The van der Waals surface area contributed by atoms with E-state index in [1.165, 1.54) is 24.8 Å². The second kappa shape index (κ2) is 9.55. The minimum Gasteiger partial charge on any atom is -0.449 e. The lowest BCUT2D eigenvalue weighted by Gasteiger charge is -2.14. The number of esters is 1. The first kappa shape index (κ1) is 21.5. The number of aromatic nitrogens is 2. The van der Waals surface area contributed by atoms with E-state index in [1.807, 2.05) is 0 Å². The van der Waals surface area contributed by atoms with Crippen molar-refractivity contribution in [3.63, 3.8) is 0 Å². The number of rotatable bonds is 8. The van der Waals surface area contributed by atoms with Crippen molar-refractivity contribution < 1.29 is 23.6 Å². The smallest absolute Gasteiger partial charge is 0.340 e. The number of primary amides is 1. The van der Waals surface area contributed by atoms with Gasteiger partial charge >= 0.3 is 5.97 Å². The summed E-state index contributed by atoms with van der Waals surface area (Å²) in [4.78, 5) is 41.2.